The summed E-state index contributed by atoms with van der Waals surface area (Å²) in [5, 5.41) is 13.8. The Morgan fingerprint density at radius 2 is 1.71 bits per heavy atom. The molecular weight excluding hydrogens is 711 g/mol. The Kier molecular flexibility index (Phi) is 10.5. The molecule has 49 heavy (non-hydrogen) atoms. The van der Waals surface area contributed by atoms with Crippen LogP contribution >= 0.6 is 46.2 Å². The number of esters is 1. The average Bonchev–Trinajstić information content (AvgIpc) is 3.82. The van der Waals surface area contributed by atoms with E-state index in [2.05, 4.69) is 25.8 Å². The first kappa shape index (κ1) is 34.1. The molecule has 0 aliphatic carbocycles. The minimum Gasteiger partial charge on any atom is -0.448 e. The van der Waals surface area contributed by atoms with E-state index in [4.69, 9.17) is 16.3 Å². The lowest BCUT2D eigenvalue weighted by atomic mass is 10.0. The van der Waals surface area contributed by atoms with Gasteiger partial charge < -0.3 is 21.1 Å². The minimum absolute atomic E-state index is 0.0612. The molecule has 19 heteroatoms. The van der Waals surface area contributed by atoms with Gasteiger partial charge in [0.25, 0.3) is 5.91 Å². The third-order valence-corrected chi connectivity index (χ3v) is 11.4. The summed E-state index contributed by atoms with van der Waals surface area (Å²) in [6.07, 6.45) is -0.764. The number of anilines is 1. The van der Waals surface area contributed by atoms with Gasteiger partial charge in [0, 0.05) is 16.9 Å². The summed E-state index contributed by atoms with van der Waals surface area (Å²) in [5.74, 6) is 1.28. The molecule has 0 bridgehead atoms. The van der Waals surface area contributed by atoms with Crippen molar-refractivity contribution in [1.82, 2.24) is 36.1 Å². The van der Waals surface area contributed by atoms with E-state index in [9.17, 15) is 24.0 Å². The second kappa shape index (κ2) is 15.2. The first-order valence-electron chi connectivity index (χ1n) is 14.4. The highest BCUT2D eigenvalue weighted by Gasteiger charge is 2.55. The topological polar surface area (TPSA) is 225 Å². The molecule has 4 aromatic rings. The number of carbonyl (C=O) groups is 5. The Morgan fingerprint density at radius 1 is 1.02 bits per heavy atom. The monoisotopic (exact) mass is 737 g/mol. The van der Waals surface area contributed by atoms with Gasteiger partial charge in [-0.05, 0) is 16.7 Å². The van der Waals surface area contributed by atoms with Crippen molar-refractivity contribution < 1.29 is 28.7 Å². The van der Waals surface area contributed by atoms with Gasteiger partial charge in [-0.1, -0.05) is 83.8 Å². The third kappa shape index (κ3) is 7.44. The van der Waals surface area contributed by atoms with Gasteiger partial charge in [-0.15, -0.1) is 33.3 Å². The number of rotatable bonds is 11. The van der Waals surface area contributed by atoms with E-state index in [1.165, 1.54) is 45.1 Å². The first-order chi connectivity index (χ1) is 23.7. The number of nitrogen functional groups attached to an aromatic ring is 1. The summed E-state index contributed by atoms with van der Waals surface area (Å²) in [4.78, 5) is 71.1. The summed E-state index contributed by atoms with van der Waals surface area (Å²) in [7, 11) is 0. The zero-order chi connectivity index (χ0) is 34.5. The molecule has 1 saturated heterocycles. The van der Waals surface area contributed by atoms with Crippen LogP contribution in [0.15, 0.2) is 87.2 Å². The summed E-state index contributed by atoms with van der Waals surface area (Å²) in [6, 6.07) is 16.0. The molecule has 6 rings (SSSR count). The molecule has 2 aromatic carbocycles. The van der Waals surface area contributed by atoms with E-state index < -0.39 is 53.2 Å². The summed E-state index contributed by atoms with van der Waals surface area (Å²) < 4.78 is 6.88. The summed E-state index contributed by atoms with van der Waals surface area (Å²) in [6.45, 7) is 0. The number of nitrogens with zero attached hydrogens (tertiary/aromatic N) is 4. The fourth-order valence-electron chi connectivity index (χ4n) is 5.11. The van der Waals surface area contributed by atoms with E-state index in [1.54, 1.807) is 10.9 Å². The van der Waals surface area contributed by atoms with E-state index in [0.29, 0.717) is 21.4 Å². The normalized spacial score (nSPS) is 17.5. The second-order valence-electron chi connectivity index (χ2n) is 10.4. The molecule has 7 N–H and O–H groups in total. The maximum Gasteiger partial charge on any atom is 0.356 e. The van der Waals surface area contributed by atoms with Gasteiger partial charge in [0.2, 0.25) is 5.91 Å². The van der Waals surface area contributed by atoms with Crippen LogP contribution in [-0.4, -0.2) is 72.6 Å². The molecule has 15 nitrogen and oxygen atoms in total. The molecule has 2 aliphatic rings. The largest absolute Gasteiger partial charge is 0.448 e. The SMILES string of the molecule is NNC(=O)C(=O)NC(C(=O)NC1C(=O)N2C(C(=O)OC(c3ccccc3)c3ccccc3)=C(CSc3nncs3)CS[C@H]12)c1csc(N)n1. The number of nitrogens with one attached hydrogen (secondary N) is 3. The number of nitrogens with two attached hydrogens (primary N) is 2. The zero-order valence-corrected chi connectivity index (χ0v) is 28.4. The quantitative estimate of drug-likeness (QED) is 0.0280. The smallest absolute Gasteiger partial charge is 0.356 e. The van der Waals surface area contributed by atoms with Crippen molar-refractivity contribution in [1.29, 1.82) is 0 Å². The van der Waals surface area contributed by atoms with Gasteiger partial charge in [-0.25, -0.2) is 15.6 Å². The number of aromatic nitrogens is 3. The second-order valence-corrected chi connectivity index (χ2v) is 14.5. The van der Waals surface area contributed by atoms with Crippen LogP contribution in [-0.2, 0) is 28.7 Å². The lowest BCUT2D eigenvalue weighted by molar-refractivity contribution is -0.155. The predicted molar refractivity (Wildman–Crippen MR) is 183 cm³/mol. The first-order valence-corrected chi connectivity index (χ1v) is 18.2. The van der Waals surface area contributed by atoms with Crippen molar-refractivity contribution in [2.24, 2.45) is 5.84 Å². The number of thiazole rings is 1. The van der Waals surface area contributed by atoms with Crippen LogP contribution < -0.4 is 27.6 Å². The number of amides is 4. The van der Waals surface area contributed by atoms with Gasteiger partial charge in [0.1, 0.15) is 22.6 Å². The number of hydrazine groups is 1. The third-order valence-electron chi connectivity index (χ3n) is 7.39. The van der Waals surface area contributed by atoms with Gasteiger partial charge >= 0.3 is 17.8 Å². The number of hydrogen-bond acceptors (Lipinski definition) is 15. The Morgan fingerprint density at radius 3 is 2.31 bits per heavy atom. The van der Waals surface area contributed by atoms with Crippen LogP contribution in [0.25, 0.3) is 0 Å². The molecule has 4 amide bonds. The van der Waals surface area contributed by atoms with E-state index in [-0.39, 0.29) is 16.5 Å². The Hall–Kier alpha value is -4.82. The van der Waals surface area contributed by atoms with Gasteiger partial charge in [-0.3, -0.25) is 29.5 Å². The molecule has 2 aromatic heterocycles. The molecular formula is C30H27N9O6S4. The maximum atomic E-state index is 14.2. The number of fused-ring (bicyclic) bond motifs is 1. The van der Waals surface area contributed by atoms with Crippen LogP contribution in [0.2, 0.25) is 0 Å². The molecule has 252 valence electrons. The Bertz CT molecular complexity index is 1850. The summed E-state index contributed by atoms with van der Waals surface area (Å²) in [5.41, 5.74) is 11.3. The van der Waals surface area contributed by atoms with Crippen LogP contribution in [0.5, 0.6) is 0 Å². The van der Waals surface area contributed by atoms with Crippen LogP contribution in [0.1, 0.15) is 29.0 Å². The molecule has 2 unspecified atom stereocenters. The van der Waals surface area contributed by atoms with E-state index in [0.717, 1.165) is 22.5 Å². The highest BCUT2D eigenvalue weighted by atomic mass is 32.2. The van der Waals surface area contributed by atoms with Crippen LogP contribution in [0, 0.1) is 0 Å². The number of thioether (sulfide) groups is 2. The molecule has 0 radical (unpaired) electrons. The predicted octanol–water partition coefficient (Wildman–Crippen LogP) is 1.50. The number of hydrogen-bond donors (Lipinski definition) is 5. The van der Waals surface area contributed by atoms with Crippen molar-refractivity contribution >= 4 is 80.9 Å². The number of ether oxygens (including phenoxy) is 1. The molecule has 3 atom stereocenters. The van der Waals surface area contributed by atoms with E-state index >= 15 is 0 Å². The Labute approximate surface area is 295 Å². The highest BCUT2D eigenvalue weighted by molar-refractivity contribution is 8.01. The molecule has 4 heterocycles. The van der Waals surface area contributed by atoms with Gasteiger partial charge in [-0.2, -0.15) is 0 Å². The zero-order valence-electron chi connectivity index (χ0n) is 25.2. The Balaban J connectivity index is 1.27. The van der Waals surface area contributed by atoms with Crippen molar-refractivity contribution in [3.8, 4) is 0 Å². The number of carbonyl (C=O) groups excluding carboxylic acids is 5. The van der Waals surface area contributed by atoms with Gasteiger partial charge in [0.15, 0.2) is 21.6 Å². The fraction of sp³-hybridized carbons (Fsp3) is 0.200. The number of benzene rings is 2. The standard InChI is InChI=1S/C30H27N9O6S4/c31-29-34-18(13-47-29)19(35-24(41)25(42)37-32)23(40)36-20-26(43)39-21(17(11-46-27(20)39)12-48-30-38-33-14-49-30)28(44)45-22(15-7-3-1-4-8-15)16-9-5-2-6-10-16/h1-10,13-14,19-20,22,27H,11-12,32H2,(H2,31,34)(H,35,41)(H,36,40)(H,37,42)/t19?,20?,27-/m1/s1. The molecule has 0 saturated carbocycles. The maximum absolute atomic E-state index is 14.2. The van der Waals surface area contributed by atoms with Gasteiger partial charge in [0.05, 0.1) is 5.69 Å². The lowest BCUT2D eigenvalue weighted by Crippen LogP contribution is -2.71. The fourth-order valence-corrected chi connectivity index (χ4v) is 8.67. The van der Waals surface area contributed by atoms with Crippen molar-refractivity contribution in [2.75, 3.05) is 17.2 Å². The van der Waals surface area contributed by atoms with Crippen LogP contribution in [0.4, 0.5) is 5.13 Å². The molecule has 2 aliphatic heterocycles. The van der Waals surface area contributed by atoms with Crippen molar-refractivity contribution in [2.45, 2.75) is 27.9 Å². The highest BCUT2D eigenvalue weighted by Crippen LogP contribution is 2.43. The minimum atomic E-state index is -1.47. The van der Waals surface area contributed by atoms with E-state index in [1.807, 2.05) is 60.7 Å². The molecule has 1 fully saturated rings. The van der Waals surface area contributed by atoms with Crippen LogP contribution in [0.3, 0.4) is 0 Å². The number of β-lactam (4-membered cyclic amide) rings is 1. The van der Waals surface area contributed by atoms with Crippen molar-refractivity contribution in [3.05, 3.63) is 99.6 Å². The average molecular weight is 738 g/mol. The summed E-state index contributed by atoms with van der Waals surface area (Å²) >= 11 is 5.11. The lowest BCUT2D eigenvalue weighted by Gasteiger charge is -2.50. The van der Waals surface area contributed by atoms with Crippen molar-refractivity contribution in [3.63, 3.8) is 0 Å². The molecule has 0 spiro atoms.